The van der Waals surface area contributed by atoms with E-state index >= 15 is 0 Å². The lowest BCUT2D eigenvalue weighted by atomic mass is 10.2. The Kier molecular flexibility index (Phi) is 6.47. The van der Waals surface area contributed by atoms with Gasteiger partial charge < -0.3 is 5.11 Å². The normalized spacial score (nSPS) is 15.5. The zero-order chi connectivity index (χ0) is 9.56. The van der Waals surface area contributed by atoms with Crippen LogP contribution in [0.25, 0.3) is 0 Å². The first-order valence-corrected chi connectivity index (χ1v) is 6.52. The molecule has 0 heterocycles. The van der Waals surface area contributed by atoms with Crippen molar-refractivity contribution < 1.29 is 14.1 Å². The molecule has 0 radical (unpaired) electrons. The number of carbonyl (C=O) groups is 1. The minimum atomic E-state index is -0.972. The second-order valence-electron chi connectivity index (χ2n) is 2.54. The highest BCUT2D eigenvalue weighted by molar-refractivity contribution is 7.99. The van der Waals surface area contributed by atoms with Crippen molar-refractivity contribution in [2.45, 2.75) is 6.92 Å². The van der Waals surface area contributed by atoms with E-state index in [9.17, 15) is 9.00 Å². The number of rotatable bonds is 6. The van der Waals surface area contributed by atoms with Crippen molar-refractivity contribution >= 4 is 28.5 Å². The van der Waals surface area contributed by atoms with Gasteiger partial charge in [-0.25, -0.2) is 0 Å². The Balaban J connectivity index is 3.61. The molecule has 0 aromatic heterocycles. The van der Waals surface area contributed by atoms with Crippen LogP contribution < -0.4 is 0 Å². The van der Waals surface area contributed by atoms with Crippen LogP contribution in [0.5, 0.6) is 0 Å². The van der Waals surface area contributed by atoms with Crippen LogP contribution >= 0.6 is 11.8 Å². The van der Waals surface area contributed by atoms with E-state index in [1.807, 2.05) is 6.26 Å². The molecule has 0 aromatic rings. The molecular weight excluding hydrogens is 196 g/mol. The van der Waals surface area contributed by atoms with Crippen LogP contribution in [-0.4, -0.2) is 38.8 Å². The quantitative estimate of drug-likeness (QED) is 0.705. The minimum absolute atomic E-state index is 0.274. The van der Waals surface area contributed by atoms with Gasteiger partial charge in [-0.15, -0.1) is 0 Å². The van der Waals surface area contributed by atoms with Gasteiger partial charge in [-0.2, -0.15) is 11.8 Å². The van der Waals surface area contributed by atoms with Gasteiger partial charge in [0, 0.05) is 28.1 Å². The lowest BCUT2D eigenvalue weighted by Gasteiger charge is -2.04. The lowest BCUT2D eigenvalue weighted by molar-refractivity contribution is -0.140. The highest BCUT2D eigenvalue weighted by Crippen LogP contribution is 2.00. The third-order valence-electron chi connectivity index (χ3n) is 1.37. The summed E-state index contributed by atoms with van der Waals surface area (Å²) in [6, 6.07) is 0. The largest absolute Gasteiger partial charge is 0.481 e. The molecule has 0 aromatic carbocycles. The van der Waals surface area contributed by atoms with Crippen molar-refractivity contribution in [2.75, 3.05) is 23.5 Å². The number of carboxylic acid groups (broad SMARTS) is 1. The minimum Gasteiger partial charge on any atom is -0.481 e. The van der Waals surface area contributed by atoms with Crippen molar-refractivity contribution in [1.29, 1.82) is 0 Å². The van der Waals surface area contributed by atoms with Crippen LogP contribution in [0.1, 0.15) is 6.92 Å². The maximum Gasteiger partial charge on any atom is 0.307 e. The molecule has 0 saturated heterocycles. The second kappa shape index (κ2) is 6.48. The van der Waals surface area contributed by atoms with E-state index < -0.39 is 22.7 Å². The topological polar surface area (TPSA) is 54.4 Å². The predicted octanol–water partition coefficient (Wildman–Crippen LogP) is 0.819. The molecule has 0 spiro atoms. The van der Waals surface area contributed by atoms with Crippen LogP contribution in [0.3, 0.4) is 0 Å². The Labute approximate surface area is 79.4 Å². The average molecular weight is 210 g/mol. The van der Waals surface area contributed by atoms with Crippen LogP contribution in [0.4, 0.5) is 0 Å². The van der Waals surface area contributed by atoms with Crippen molar-refractivity contribution in [1.82, 2.24) is 0 Å². The van der Waals surface area contributed by atoms with Gasteiger partial charge in [0.1, 0.15) is 0 Å². The summed E-state index contributed by atoms with van der Waals surface area (Å²) in [5, 5.41) is 8.52. The summed E-state index contributed by atoms with van der Waals surface area (Å²) >= 11 is 1.62. The van der Waals surface area contributed by atoms with Crippen molar-refractivity contribution in [2.24, 2.45) is 5.92 Å². The summed E-state index contributed by atoms with van der Waals surface area (Å²) in [6.45, 7) is 1.58. The highest BCUT2D eigenvalue weighted by Gasteiger charge is 2.13. The second-order valence-corrected chi connectivity index (χ2v) is 5.15. The van der Waals surface area contributed by atoms with Crippen LogP contribution in [0, 0.1) is 5.92 Å². The standard InChI is InChI=1S/C7H14O3S2/c1-6(7(8)9)5-12(10)4-3-11-2/h6H,3-5H2,1-2H3,(H,8,9). The Morgan fingerprint density at radius 2 is 2.25 bits per heavy atom. The van der Waals surface area contributed by atoms with Crippen LogP contribution in [-0.2, 0) is 15.6 Å². The molecule has 5 heteroatoms. The SMILES string of the molecule is CSCCS(=O)CC(C)C(=O)O. The molecule has 0 aliphatic carbocycles. The number of hydrogen-bond acceptors (Lipinski definition) is 3. The fraction of sp³-hybridized carbons (Fsp3) is 0.857. The van der Waals surface area contributed by atoms with Crippen molar-refractivity contribution in [3.8, 4) is 0 Å². The summed E-state index contributed by atoms with van der Waals surface area (Å²) in [5.41, 5.74) is 0. The molecular formula is C7H14O3S2. The van der Waals surface area contributed by atoms with Crippen LogP contribution in [0.15, 0.2) is 0 Å². The maximum atomic E-state index is 11.2. The molecule has 3 nitrogen and oxygen atoms in total. The Morgan fingerprint density at radius 1 is 1.67 bits per heavy atom. The fourth-order valence-electron chi connectivity index (χ4n) is 0.610. The summed E-state index contributed by atoms with van der Waals surface area (Å²) < 4.78 is 11.2. The summed E-state index contributed by atoms with van der Waals surface area (Å²) in [6.07, 6.45) is 1.94. The van der Waals surface area contributed by atoms with Gasteiger partial charge in [-0.05, 0) is 6.26 Å². The molecule has 0 amide bonds. The fourth-order valence-corrected chi connectivity index (χ4v) is 2.89. The molecule has 2 unspecified atom stereocenters. The van der Waals surface area contributed by atoms with E-state index in [4.69, 9.17) is 5.11 Å². The Bertz CT molecular complexity index is 170. The van der Waals surface area contributed by atoms with Gasteiger partial charge >= 0.3 is 5.97 Å². The lowest BCUT2D eigenvalue weighted by Crippen LogP contribution is -2.19. The smallest absolute Gasteiger partial charge is 0.307 e. The first-order valence-electron chi connectivity index (χ1n) is 3.64. The number of hydrogen-bond donors (Lipinski definition) is 1. The van der Waals surface area contributed by atoms with Gasteiger partial charge in [0.25, 0.3) is 0 Å². The predicted molar refractivity (Wildman–Crippen MR) is 53.1 cm³/mol. The number of thioether (sulfide) groups is 1. The first kappa shape index (κ1) is 12.0. The maximum absolute atomic E-state index is 11.2. The van der Waals surface area contributed by atoms with E-state index in [-0.39, 0.29) is 5.75 Å². The summed E-state index contributed by atoms with van der Waals surface area (Å²) in [5.74, 6) is 0.341. The molecule has 0 aliphatic rings. The molecule has 12 heavy (non-hydrogen) atoms. The highest BCUT2D eigenvalue weighted by atomic mass is 32.2. The summed E-state index contributed by atoms with van der Waals surface area (Å²) in [7, 11) is -0.972. The Hall–Kier alpha value is -0.0300. The molecule has 0 rings (SSSR count). The molecule has 0 bridgehead atoms. The van der Waals surface area contributed by atoms with E-state index in [2.05, 4.69) is 0 Å². The molecule has 72 valence electrons. The average Bonchev–Trinajstić information content (AvgIpc) is 2.00. The first-order chi connectivity index (χ1) is 5.57. The Morgan fingerprint density at radius 3 is 2.67 bits per heavy atom. The summed E-state index contributed by atoms with van der Waals surface area (Å²) in [4.78, 5) is 10.4. The van der Waals surface area contributed by atoms with E-state index in [0.29, 0.717) is 5.75 Å². The third-order valence-corrected chi connectivity index (χ3v) is 3.77. The van der Waals surface area contributed by atoms with Crippen molar-refractivity contribution in [3.05, 3.63) is 0 Å². The number of carboxylic acids is 1. The zero-order valence-corrected chi connectivity index (χ0v) is 8.91. The van der Waals surface area contributed by atoms with E-state index in [1.54, 1.807) is 18.7 Å². The molecule has 0 fully saturated rings. The molecule has 1 N–H and O–H groups in total. The number of aliphatic carboxylic acids is 1. The van der Waals surface area contributed by atoms with E-state index in [0.717, 1.165) is 5.75 Å². The third kappa shape index (κ3) is 5.60. The zero-order valence-electron chi connectivity index (χ0n) is 7.28. The molecule has 2 atom stereocenters. The molecule has 0 saturated carbocycles. The van der Waals surface area contributed by atoms with Crippen molar-refractivity contribution in [3.63, 3.8) is 0 Å². The van der Waals surface area contributed by atoms with Gasteiger partial charge in [0.05, 0.1) is 5.92 Å². The van der Waals surface area contributed by atoms with E-state index in [1.165, 1.54) is 0 Å². The van der Waals surface area contributed by atoms with Gasteiger partial charge in [0.2, 0.25) is 0 Å². The monoisotopic (exact) mass is 210 g/mol. The van der Waals surface area contributed by atoms with Gasteiger partial charge in [0.15, 0.2) is 0 Å². The van der Waals surface area contributed by atoms with Crippen LogP contribution in [0.2, 0.25) is 0 Å². The van der Waals surface area contributed by atoms with Gasteiger partial charge in [-0.1, -0.05) is 6.92 Å². The molecule has 0 aliphatic heterocycles. The van der Waals surface area contributed by atoms with Gasteiger partial charge in [-0.3, -0.25) is 9.00 Å².